The minimum atomic E-state index is -0.598. The Morgan fingerprint density at radius 3 is 1.09 bits per heavy atom. The van der Waals surface area contributed by atoms with Crippen LogP contribution in [0.15, 0.2) is 146 Å². The highest BCUT2D eigenvalue weighted by Gasteiger charge is 2.17. The number of hydrogen-bond donors (Lipinski definition) is 0. The Labute approximate surface area is 431 Å². The van der Waals surface area contributed by atoms with Crippen molar-refractivity contribution < 1.29 is 23.8 Å². The first-order valence-corrected chi connectivity index (χ1v) is 28.4. The van der Waals surface area contributed by atoms with Gasteiger partial charge in [0.2, 0.25) is 0 Å². The standard InChI is InChI=1S/C65H104O5/c1-4-7-10-13-16-19-22-25-28-31-33-35-37-40-43-46-49-52-55-58-64(66)69-62-63(61-68-60-57-54-51-48-45-42-39-30-27-24-21-18-15-12-9-6-3)70-65(67)59-56-53-50-47-44-41-38-36-34-32-29-26-23-20-17-14-11-8-5-2/h7,9-10,12,16-21,25-30,33,35,40,42-43,45,49,52,63H,4-6,8,11,13-15,22-24,31-32,34,36-39,41,44,46-48,50-51,53-62H2,1-3H3/b10-7-,12-9-,19-16-,20-17-,21-18-,28-25-,29-26-,30-27-,35-33-,43-40-,45-42-,52-49-. The second-order valence-electron chi connectivity index (χ2n) is 18.1. The van der Waals surface area contributed by atoms with E-state index in [0.717, 1.165) is 116 Å². The van der Waals surface area contributed by atoms with Gasteiger partial charge in [0.1, 0.15) is 6.61 Å². The van der Waals surface area contributed by atoms with E-state index < -0.39 is 6.10 Å². The Balaban J connectivity index is 4.48. The molecule has 0 saturated heterocycles. The third-order valence-electron chi connectivity index (χ3n) is 11.4. The highest BCUT2D eigenvalue weighted by atomic mass is 16.6. The average Bonchev–Trinajstić information content (AvgIpc) is 3.36. The van der Waals surface area contributed by atoms with E-state index >= 15 is 0 Å². The average molecular weight is 966 g/mol. The minimum Gasteiger partial charge on any atom is -0.462 e. The van der Waals surface area contributed by atoms with Gasteiger partial charge in [0.25, 0.3) is 0 Å². The zero-order valence-electron chi connectivity index (χ0n) is 45.2. The predicted molar refractivity (Wildman–Crippen MR) is 306 cm³/mol. The number of allylic oxidation sites excluding steroid dienone is 24. The van der Waals surface area contributed by atoms with Gasteiger partial charge < -0.3 is 14.2 Å². The molecule has 5 heteroatoms. The molecule has 0 rings (SSSR count). The molecule has 0 heterocycles. The molecule has 0 spiro atoms. The summed E-state index contributed by atoms with van der Waals surface area (Å²) >= 11 is 0. The van der Waals surface area contributed by atoms with Gasteiger partial charge in [0.15, 0.2) is 6.10 Å². The van der Waals surface area contributed by atoms with Gasteiger partial charge in [-0.15, -0.1) is 0 Å². The summed E-state index contributed by atoms with van der Waals surface area (Å²) in [6, 6.07) is 0. The molecule has 0 aromatic heterocycles. The van der Waals surface area contributed by atoms with Gasteiger partial charge in [-0.3, -0.25) is 9.59 Å². The first-order chi connectivity index (χ1) is 34.6. The molecule has 0 aliphatic rings. The van der Waals surface area contributed by atoms with E-state index in [1.165, 1.54) is 70.6 Å². The number of carbonyl (C=O) groups excluding carboxylic acids is 2. The normalized spacial score (nSPS) is 13.4. The molecule has 394 valence electrons. The van der Waals surface area contributed by atoms with Gasteiger partial charge >= 0.3 is 11.9 Å². The van der Waals surface area contributed by atoms with Crippen LogP contribution in [0.2, 0.25) is 0 Å². The van der Waals surface area contributed by atoms with Crippen LogP contribution in [0, 0.1) is 0 Å². The fraction of sp³-hybridized carbons (Fsp3) is 0.600. The molecule has 70 heavy (non-hydrogen) atoms. The van der Waals surface area contributed by atoms with E-state index in [0.29, 0.717) is 19.4 Å². The second-order valence-corrected chi connectivity index (χ2v) is 18.1. The molecule has 0 aromatic carbocycles. The van der Waals surface area contributed by atoms with Crippen molar-refractivity contribution in [2.24, 2.45) is 0 Å². The summed E-state index contributed by atoms with van der Waals surface area (Å²) in [5.41, 5.74) is 0. The topological polar surface area (TPSA) is 61.8 Å². The van der Waals surface area contributed by atoms with Gasteiger partial charge in [0, 0.05) is 19.4 Å². The fourth-order valence-electron chi connectivity index (χ4n) is 7.20. The molecule has 0 amide bonds. The zero-order chi connectivity index (χ0) is 50.6. The number of ether oxygens (including phenoxy) is 3. The zero-order valence-corrected chi connectivity index (χ0v) is 45.2. The van der Waals surface area contributed by atoms with Crippen molar-refractivity contribution in [3.05, 3.63) is 146 Å². The lowest BCUT2D eigenvalue weighted by Gasteiger charge is -2.18. The Kier molecular flexibility index (Phi) is 55.5. The largest absolute Gasteiger partial charge is 0.462 e. The first kappa shape index (κ1) is 65.8. The summed E-state index contributed by atoms with van der Waals surface area (Å²) in [5.74, 6) is -0.526. The number of unbranched alkanes of at least 4 members (excludes halogenated alkanes) is 15. The lowest BCUT2D eigenvalue weighted by molar-refractivity contribution is -0.162. The number of rotatable bonds is 50. The van der Waals surface area contributed by atoms with E-state index in [1.54, 1.807) is 0 Å². The van der Waals surface area contributed by atoms with Crippen molar-refractivity contribution in [1.82, 2.24) is 0 Å². The number of carbonyl (C=O) groups is 2. The molecule has 1 atom stereocenters. The highest BCUT2D eigenvalue weighted by molar-refractivity contribution is 5.70. The second kappa shape index (κ2) is 59.1. The quantitative estimate of drug-likeness (QED) is 0.0345. The first-order valence-electron chi connectivity index (χ1n) is 28.4. The smallest absolute Gasteiger partial charge is 0.306 e. The molecule has 0 aliphatic heterocycles. The molecular formula is C65H104O5. The molecule has 0 aromatic rings. The third kappa shape index (κ3) is 56.4. The van der Waals surface area contributed by atoms with E-state index in [9.17, 15) is 9.59 Å². The van der Waals surface area contributed by atoms with E-state index in [4.69, 9.17) is 14.2 Å². The summed E-state index contributed by atoms with van der Waals surface area (Å²) in [5, 5.41) is 0. The van der Waals surface area contributed by atoms with Crippen LogP contribution in [0.4, 0.5) is 0 Å². The van der Waals surface area contributed by atoms with Gasteiger partial charge in [0.05, 0.1) is 6.61 Å². The lowest BCUT2D eigenvalue weighted by Crippen LogP contribution is -2.30. The molecule has 0 fully saturated rings. The molecule has 0 N–H and O–H groups in total. The van der Waals surface area contributed by atoms with Crippen molar-refractivity contribution in [3.63, 3.8) is 0 Å². The van der Waals surface area contributed by atoms with Crippen molar-refractivity contribution >= 4 is 11.9 Å². The van der Waals surface area contributed by atoms with Crippen LogP contribution in [0.25, 0.3) is 0 Å². The summed E-state index contributed by atoms with van der Waals surface area (Å²) in [4.78, 5) is 25.5. The van der Waals surface area contributed by atoms with Crippen LogP contribution in [-0.2, 0) is 23.8 Å². The van der Waals surface area contributed by atoms with Crippen LogP contribution >= 0.6 is 0 Å². The Bertz CT molecular complexity index is 1510. The van der Waals surface area contributed by atoms with E-state index in [2.05, 4.69) is 161 Å². The Hall–Kier alpha value is -4.22. The monoisotopic (exact) mass is 965 g/mol. The molecular weight excluding hydrogens is 861 g/mol. The maximum atomic E-state index is 12.9. The molecule has 5 nitrogen and oxygen atoms in total. The Morgan fingerprint density at radius 1 is 0.329 bits per heavy atom. The maximum absolute atomic E-state index is 12.9. The summed E-state index contributed by atoms with van der Waals surface area (Å²) in [6.45, 7) is 7.41. The van der Waals surface area contributed by atoms with Crippen LogP contribution < -0.4 is 0 Å². The van der Waals surface area contributed by atoms with Crippen molar-refractivity contribution in [1.29, 1.82) is 0 Å². The molecule has 0 saturated carbocycles. The summed E-state index contributed by atoms with van der Waals surface area (Å²) < 4.78 is 17.4. The van der Waals surface area contributed by atoms with Gasteiger partial charge in [-0.05, 0) is 128 Å². The van der Waals surface area contributed by atoms with Crippen LogP contribution in [0.1, 0.15) is 226 Å². The van der Waals surface area contributed by atoms with Crippen LogP contribution in [0.3, 0.4) is 0 Å². The number of esters is 2. The predicted octanol–water partition coefficient (Wildman–Crippen LogP) is 19.7. The molecule has 1 unspecified atom stereocenters. The summed E-state index contributed by atoms with van der Waals surface area (Å²) in [6.07, 6.45) is 85.9. The maximum Gasteiger partial charge on any atom is 0.306 e. The van der Waals surface area contributed by atoms with Crippen LogP contribution in [-0.4, -0.2) is 37.9 Å². The van der Waals surface area contributed by atoms with Crippen molar-refractivity contribution in [2.75, 3.05) is 19.8 Å². The highest BCUT2D eigenvalue weighted by Crippen LogP contribution is 2.13. The van der Waals surface area contributed by atoms with Gasteiger partial charge in [-0.2, -0.15) is 0 Å². The molecule has 0 bridgehead atoms. The third-order valence-corrected chi connectivity index (χ3v) is 11.4. The molecule has 0 radical (unpaired) electrons. The fourth-order valence-corrected chi connectivity index (χ4v) is 7.20. The Morgan fingerprint density at radius 2 is 0.671 bits per heavy atom. The summed E-state index contributed by atoms with van der Waals surface area (Å²) in [7, 11) is 0. The van der Waals surface area contributed by atoms with Gasteiger partial charge in [-0.25, -0.2) is 0 Å². The number of hydrogen-bond acceptors (Lipinski definition) is 5. The SMILES string of the molecule is CC/C=C\C/C=C\C/C=C\C/C=C\C/C=C\C/C=C\CCC(=O)OCC(COCCCCC/C=C\C/C=C\C/C=C\C/C=C\CC)OC(=O)CCCCCCCCCCC/C=C\C/C=C\CCCCC. The van der Waals surface area contributed by atoms with Crippen LogP contribution in [0.5, 0.6) is 0 Å². The van der Waals surface area contributed by atoms with Crippen molar-refractivity contribution in [3.8, 4) is 0 Å². The minimum absolute atomic E-state index is 0.0208. The van der Waals surface area contributed by atoms with E-state index in [-0.39, 0.29) is 31.6 Å². The van der Waals surface area contributed by atoms with Crippen molar-refractivity contribution in [2.45, 2.75) is 232 Å². The lowest BCUT2D eigenvalue weighted by atomic mass is 10.1. The van der Waals surface area contributed by atoms with E-state index in [1.807, 2.05) is 6.08 Å². The van der Waals surface area contributed by atoms with Gasteiger partial charge in [-0.1, -0.05) is 231 Å². The molecule has 0 aliphatic carbocycles.